The Kier molecular flexibility index (Phi) is 7.06. The molecular formula is C20H23IN2O4. The van der Waals surface area contributed by atoms with Crippen molar-refractivity contribution in [3.63, 3.8) is 0 Å². The predicted molar refractivity (Wildman–Crippen MR) is 114 cm³/mol. The van der Waals surface area contributed by atoms with E-state index in [-0.39, 0.29) is 23.7 Å². The number of phenols is 1. The number of hydrogen-bond donors (Lipinski definition) is 2. The number of ether oxygens (including phenoxy) is 2. The molecule has 2 N–H and O–H groups in total. The summed E-state index contributed by atoms with van der Waals surface area (Å²) >= 11 is 1.99. The second-order valence-electron chi connectivity index (χ2n) is 6.91. The standard InChI is InChI=1S/C20H23IN2O4/c1-20(2,3)14-5-7-15(8-6-14)27-12-18(24)23-22-11-13-9-16(21)19(25)17(10-13)26-4/h5-11,25H,12H2,1-4H3,(H,23,24)/b22-11+. The van der Waals surface area contributed by atoms with Crippen molar-refractivity contribution in [1.82, 2.24) is 5.43 Å². The van der Waals surface area contributed by atoms with E-state index in [9.17, 15) is 9.90 Å². The zero-order valence-electron chi connectivity index (χ0n) is 15.7. The summed E-state index contributed by atoms with van der Waals surface area (Å²) in [4.78, 5) is 11.9. The van der Waals surface area contributed by atoms with Crippen LogP contribution < -0.4 is 14.9 Å². The third-order valence-electron chi connectivity index (χ3n) is 3.76. The molecule has 0 aliphatic heterocycles. The van der Waals surface area contributed by atoms with Crippen LogP contribution in [0.4, 0.5) is 0 Å². The van der Waals surface area contributed by atoms with E-state index in [1.165, 1.54) is 18.9 Å². The molecule has 0 spiro atoms. The average Bonchev–Trinajstić information content (AvgIpc) is 2.62. The number of hydrogen-bond acceptors (Lipinski definition) is 5. The molecule has 0 atom stereocenters. The Labute approximate surface area is 172 Å². The monoisotopic (exact) mass is 482 g/mol. The maximum Gasteiger partial charge on any atom is 0.277 e. The molecule has 7 heteroatoms. The number of amides is 1. The Bertz CT molecular complexity index is 827. The van der Waals surface area contributed by atoms with Gasteiger partial charge in [0.1, 0.15) is 5.75 Å². The smallest absolute Gasteiger partial charge is 0.277 e. The van der Waals surface area contributed by atoms with E-state index in [4.69, 9.17) is 9.47 Å². The summed E-state index contributed by atoms with van der Waals surface area (Å²) < 4.78 is 11.2. The highest BCUT2D eigenvalue weighted by atomic mass is 127. The van der Waals surface area contributed by atoms with E-state index in [1.54, 1.807) is 12.1 Å². The van der Waals surface area contributed by atoms with Gasteiger partial charge in [-0.25, -0.2) is 5.43 Å². The van der Waals surface area contributed by atoms with Crippen molar-refractivity contribution in [2.24, 2.45) is 5.10 Å². The van der Waals surface area contributed by atoms with Gasteiger partial charge in [-0.3, -0.25) is 4.79 Å². The van der Waals surface area contributed by atoms with Crippen LogP contribution in [0.25, 0.3) is 0 Å². The van der Waals surface area contributed by atoms with Crippen LogP contribution in [0, 0.1) is 3.57 Å². The van der Waals surface area contributed by atoms with Crippen LogP contribution in [0.3, 0.4) is 0 Å². The molecule has 0 unspecified atom stereocenters. The summed E-state index contributed by atoms with van der Waals surface area (Å²) in [6.45, 7) is 6.28. The van der Waals surface area contributed by atoms with E-state index in [0.29, 0.717) is 20.6 Å². The highest BCUT2D eigenvalue weighted by molar-refractivity contribution is 14.1. The fraction of sp³-hybridized carbons (Fsp3) is 0.300. The van der Waals surface area contributed by atoms with Gasteiger partial charge in [-0.05, 0) is 63.4 Å². The molecule has 0 saturated carbocycles. The molecule has 6 nitrogen and oxygen atoms in total. The van der Waals surface area contributed by atoms with Gasteiger partial charge in [-0.1, -0.05) is 32.9 Å². The first kappa shape index (κ1) is 21.0. The molecule has 0 aliphatic carbocycles. The maximum atomic E-state index is 11.9. The van der Waals surface area contributed by atoms with Crippen molar-refractivity contribution < 1.29 is 19.4 Å². The van der Waals surface area contributed by atoms with E-state index < -0.39 is 0 Å². The third-order valence-corrected chi connectivity index (χ3v) is 4.59. The second-order valence-corrected chi connectivity index (χ2v) is 8.07. The summed E-state index contributed by atoms with van der Waals surface area (Å²) in [5.74, 6) is 0.674. The number of nitrogens with one attached hydrogen (secondary N) is 1. The minimum Gasteiger partial charge on any atom is -0.504 e. The number of nitrogens with zero attached hydrogens (tertiary/aromatic N) is 1. The van der Waals surface area contributed by atoms with Gasteiger partial charge < -0.3 is 14.6 Å². The molecule has 2 aromatic rings. The Hall–Kier alpha value is -2.29. The normalized spacial score (nSPS) is 11.4. The van der Waals surface area contributed by atoms with Gasteiger partial charge in [-0.2, -0.15) is 5.10 Å². The lowest BCUT2D eigenvalue weighted by molar-refractivity contribution is -0.123. The minimum atomic E-state index is -0.369. The summed E-state index contributed by atoms with van der Waals surface area (Å²) in [7, 11) is 1.47. The lowest BCUT2D eigenvalue weighted by atomic mass is 9.87. The predicted octanol–water partition coefficient (Wildman–Crippen LogP) is 3.83. The van der Waals surface area contributed by atoms with Crippen molar-refractivity contribution in [2.75, 3.05) is 13.7 Å². The van der Waals surface area contributed by atoms with Crippen LogP contribution in [0.2, 0.25) is 0 Å². The first-order chi connectivity index (χ1) is 12.7. The van der Waals surface area contributed by atoms with Crippen molar-refractivity contribution in [3.8, 4) is 17.2 Å². The summed E-state index contributed by atoms with van der Waals surface area (Å²) in [6, 6.07) is 11.0. The number of aromatic hydroxyl groups is 1. The number of carbonyl (C=O) groups excluding carboxylic acids is 1. The molecular weight excluding hydrogens is 459 g/mol. The van der Waals surface area contributed by atoms with Crippen LogP contribution in [-0.2, 0) is 10.2 Å². The molecule has 0 heterocycles. The van der Waals surface area contributed by atoms with Crippen molar-refractivity contribution in [3.05, 3.63) is 51.1 Å². The van der Waals surface area contributed by atoms with Crippen LogP contribution >= 0.6 is 22.6 Å². The second kappa shape index (κ2) is 9.07. The molecule has 0 fully saturated rings. The van der Waals surface area contributed by atoms with E-state index in [2.05, 4.69) is 31.3 Å². The van der Waals surface area contributed by atoms with Gasteiger partial charge in [-0.15, -0.1) is 0 Å². The van der Waals surface area contributed by atoms with E-state index in [1.807, 2.05) is 46.9 Å². The zero-order chi connectivity index (χ0) is 20.0. The fourth-order valence-corrected chi connectivity index (χ4v) is 2.86. The molecule has 0 radical (unpaired) electrons. The molecule has 27 heavy (non-hydrogen) atoms. The molecule has 1 amide bonds. The van der Waals surface area contributed by atoms with Gasteiger partial charge in [0.2, 0.25) is 0 Å². The largest absolute Gasteiger partial charge is 0.504 e. The van der Waals surface area contributed by atoms with Crippen LogP contribution in [0.5, 0.6) is 17.2 Å². The molecule has 0 saturated heterocycles. The summed E-state index contributed by atoms with van der Waals surface area (Å²) in [5, 5.41) is 13.7. The highest BCUT2D eigenvalue weighted by Crippen LogP contribution is 2.31. The first-order valence-electron chi connectivity index (χ1n) is 8.32. The van der Waals surface area contributed by atoms with Gasteiger partial charge in [0, 0.05) is 0 Å². The quantitative estimate of drug-likeness (QED) is 0.373. The number of carbonyl (C=O) groups is 1. The van der Waals surface area contributed by atoms with Crippen LogP contribution in [0.15, 0.2) is 41.5 Å². The molecule has 0 bridgehead atoms. The van der Waals surface area contributed by atoms with Gasteiger partial charge in [0.25, 0.3) is 5.91 Å². The van der Waals surface area contributed by atoms with Crippen molar-refractivity contribution in [2.45, 2.75) is 26.2 Å². The number of phenolic OH excluding ortho intramolecular Hbond substituents is 1. The maximum absolute atomic E-state index is 11.9. The fourth-order valence-electron chi connectivity index (χ4n) is 2.24. The van der Waals surface area contributed by atoms with Crippen molar-refractivity contribution >= 4 is 34.7 Å². The van der Waals surface area contributed by atoms with Crippen LogP contribution in [0.1, 0.15) is 31.9 Å². The zero-order valence-corrected chi connectivity index (χ0v) is 17.9. The number of hydrazone groups is 1. The lowest BCUT2D eigenvalue weighted by Crippen LogP contribution is -2.24. The van der Waals surface area contributed by atoms with Gasteiger partial charge >= 0.3 is 0 Å². The number of rotatable bonds is 6. The van der Waals surface area contributed by atoms with Crippen LogP contribution in [-0.4, -0.2) is 30.9 Å². The lowest BCUT2D eigenvalue weighted by Gasteiger charge is -2.19. The Balaban J connectivity index is 1.88. The number of benzene rings is 2. The summed E-state index contributed by atoms with van der Waals surface area (Å²) in [6.07, 6.45) is 1.47. The minimum absolute atomic E-state index is 0.0688. The van der Waals surface area contributed by atoms with Crippen molar-refractivity contribution in [1.29, 1.82) is 0 Å². The first-order valence-corrected chi connectivity index (χ1v) is 9.40. The highest BCUT2D eigenvalue weighted by Gasteiger charge is 2.13. The average molecular weight is 482 g/mol. The topological polar surface area (TPSA) is 80.2 Å². The Morgan fingerprint density at radius 3 is 2.52 bits per heavy atom. The van der Waals surface area contributed by atoms with E-state index in [0.717, 1.165) is 0 Å². The van der Waals surface area contributed by atoms with Gasteiger partial charge in [0.15, 0.2) is 18.1 Å². The summed E-state index contributed by atoms with van der Waals surface area (Å²) in [5.41, 5.74) is 4.36. The van der Waals surface area contributed by atoms with E-state index >= 15 is 0 Å². The SMILES string of the molecule is COc1cc(/C=N/NC(=O)COc2ccc(C(C)(C)C)cc2)cc(I)c1O. The Morgan fingerprint density at radius 2 is 1.93 bits per heavy atom. The molecule has 144 valence electrons. The Morgan fingerprint density at radius 1 is 1.26 bits per heavy atom. The molecule has 2 rings (SSSR count). The molecule has 0 aliphatic rings. The number of methoxy groups -OCH3 is 1. The number of halogens is 1. The molecule has 0 aromatic heterocycles. The molecule has 2 aromatic carbocycles. The third kappa shape index (κ3) is 6.13. The van der Waals surface area contributed by atoms with Gasteiger partial charge in [0.05, 0.1) is 16.9 Å².